The highest BCUT2D eigenvalue weighted by Gasteiger charge is 2.32. The molecule has 1 heterocycles. The van der Waals surface area contributed by atoms with Crippen LogP contribution in [0.4, 0.5) is 13.2 Å². The lowest BCUT2D eigenvalue weighted by Gasteiger charge is -2.11. The minimum atomic E-state index is -4.49. The maximum absolute atomic E-state index is 12.7. The Kier molecular flexibility index (Phi) is 4.77. The van der Waals surface area contributed by atoms with E-state index in [1.165, 1.54) is 6.07 Å². The normalized spacial score (nSPS) is 12.0. The van der Waals surface area contributed by atoms with Crippen molar-refractivity contribution in [2.45, 2.75) is 26.4 Å². The van der Waals surface area contributed by atoms with Gasteiger partial charge >= 0.3 is 6.18 Å². The second-order valence-corrected chi connectivity index (χ2v) is 5.25. The lowest BCUT2D eigenvalue weighted by molar-refractivity contribution is -0.211. The van der Waals surface area contributed by atoms with Crippen LogP contribution in [0, 0.1) is 5.92 Å². The Morgan fingerprint density at radius 3 is 2.50 bits per heavy atom. The molecular weight excluding hydrogens is 299 g/mol. The standard InChI is InChI=1S/C15H16F3NO3/c1-9(2)7-11-4-6-13(20-11)12-5-3-10(15(16,17)18)8-14(12)21-22-19/h3-6,8-9H,7,19H2,1-2H3. The average molecular weight is 315 g/mol. The molecule has 2 aromatic rings. The smallest absolute Gasteiger partial charge is 0.416 e. The first-order chi connectivity index (χ1) is 10.3. The lowest BCUT2D eigenvalue weighted by Crippen LogP contribution is -2.08. The summed E-state index contributed by atoms with van der Waals surface area (Å²) < 4.78 is 43.9. The van der Waals surface area contributed by atoms with Crippen LogP contribution in [0.3, 0.4) is 0 Å². The lowest BCUT2D eigenvalue weighted by atomic mass is 10.1. The van der Waals surface area contributed by atoms with E-state index in [-0.39, 0.29) is 5.75 Å². The molecule has 0 atom stereocenters. The van der Waals surface area contributed by atoms with E-state index < -0.39 is 11.7 Å². The van der Waals surface area contributed by atoms with Crippen LogP contribution in [-0.2, 0) is 17.6 Å². The molecule has 0 aliphatic heterocycles. The monoisotopic (exact) mass is 315 g/mol. The molecule has 0 radical (unpaired) electrons. The van der Waals surface area contributed by atoms with Gasteiger partial charge < -0.3 is 9.30 Å². The fraction of sp³-hybridized carbons (Fsp3) is 0.333. The Balaban J connectivity index is 2.39. The topological polar surface area (TPSA) is 57.6 Å². The van der Waals surface area contributed by atoms with Crippen LogP contribution in [0.1, 0.15) is 25.2 Å². The highest BCUT2D eigenvalue weighted by Crippen LogP contribution is 2.37. The van der Waals surface area contributed by atoms with Crippen molar-refractivity contribution in [3.8, 4) is 17.1 Å². The van der Waals surface area contributed by atoms with Gasteiger partial charge in [-0.05, 0) is 36.2 Å². The molecule has 22 heavy (non-hydrogen) atoms. The molecule has 0 spiro atoms. The van der Waals surface area contributed by atoms with Crippen molar-refractivity contribution in [2.75, 3.05) is 0 Å². The molecular formula is C15H16F3NO3. The van der Waals surface area contributed by atoms with E-state index in [4.69, 9.17) is 10.3 Å². The van der Waals surface area contributed by atoms with Crippen molar-refractivity contribution in [3.63, 3.8) is 0 Å². The molecule has 4 nitrogen and oxygen atoms in total. The molecule has 0 amide bonds. The second-order valence-electron chi connectivity index (χ2n) is 5.25. The number of benzene rings is 1. The molecule has 0 saturated heterocycles. The third kappa shape index (κ3) is 3.80. The van der Waals surface area contributed by atoms with Gasteiger partial charge in [-0.1, -0.05) is 18.8 Å². The number of alkyl halides is 3. The first kappa shape index (κ1) is 16.4. The molecule has 0 aliphatic rings. The summed E-state index contributed by atoms with van der Waals surface area (Å²) in [7, 11) is 0. The summed E-state index contributed by atoms with van der Waals surface area (Å²) >= 11 is 0. The van der Waals surface area contributed by atoms with E-state index >= 15 is 0 Å². The zero-order valence-corrected chi connectivity index (χ0v) is 12.1. The summed E-state index contributed by atoms with van der Waals surface area (Å²) in [6.07, 6.45) is -3.76. The van der Waals surface area contributed by atoms with Gasteiger partial charge in [0, 0.05) is 6.42 Å². The minimum absolute atomic E-state index is 0.164. The van der Waals surface area contributed by atoms with Crippen LogP contribution >= 0.6 is 0 Å². The van der Waals surface area contributed by atoms with Crippen LogP contribution < -0.4 is 10.8 Å². The van der Waals surface area contributed by atoms with Gasteiger partial charge in [0.1, 0.15) is 11.5 Å². The van der Waals surface area contributed by atoms with Gasteiger partial charge in [0.05, 0.1) is 11.1 Å². The van der Waals surface area contributed by atoms with Crippen molar-refractivity contribution in [1.29, 1.82) is 0 Å². The molecule has 2 rings (SSSR count). The summed E-state index contributed by atoms with van der Waals surface area (Å²) in [6, 6.07) is 6.47. The number of nitrogens with two attached hydrogens (primary N) is 1. The van der Waals surface area contributed by atoms with Gasteiger partial charge in [0.15, 0.2) is 5.75 Å². The van der Waals surface area contributed by atoms with Crippen LogP contribution in [-0.4, -0.2) is 0 Å². The van der Waals surface area contributed by atoms with Crippen molar-refractivity contribution in [1.82, 2.24) is 0 Å². The highest BCUT2D eigenvalue weighted by atomic mass is 19.4. The Bertz CT molecular complexity index is 635. The maximum Gasteiger partial charge on any atom is 0.416 e. The maximum atomic E-state index is 12.7. The summed E-state index contributed by atoms with van der Waals surface area (Å²) in [5, 5.41) is 0. The van der Waals surface area contributed by atoms with E-state index in [0.717, 1.165) is 24.3 Å². The fourth-order valence-electron chi connectivity index (χ4n) is 2.06. The summed E-state index contributed by atoms with van der Waals surface area (Å²) in [5.74, 6) is 6.16. The number of halogens is 3. The van der Waals surface area contributed by atoms with Crippen LogP contribution in [0.5, 0.6) is 5.75 Å². The number of hydrogen-bond acceptors (Lipinski definition) is 4. The molecule has 0 fully saturated rings. The van der Waals surface area contributed by atoms with E-state index in [9.17, 15) is 13.2 Å². The summed E-state index contributed by atoms with van der Waals surface area (Å²) in [5.41, 5.74) is -0.536. The van der Waals surface area contributed by atoms with Crippen LogP contribution in [0.25, 0.3) is 11.3 Å². The van der Waals surface area contributed by atoms with Gasteiger partial charge in [-0.3, -0.25) is 0 Å². The van der Waals surface area contributed by atoms with Crippen molar-refractivity contribution < 1.29 is 27.5 Å². The van der Waals surface area contributed by atoms with Crippen LogP contribution in [0.15, 0.2) is 34.7 Å². The largest absolute Gasteiger partial charge is 0.461 e. The van der Waals surface area contributed by atoms with Gasteiger partial charge in [-0.2, -0.15) is 19.1 Å². The molecule has 1 aromatic heterocycles. The van der Waals surface area contributed by atoms with Crippen molar-refractivity contribution >= 4 is 0 Å². The molecule has 120 valence electrons. The molecule has 0 unspecified atom stereocenters. The van der Waals surface area contributed by atoms with E-state index in [0.29, 0.717) is 17.2 Å². The molecule has 0 saturated carbocycles. The van der Waals surface area contributed by atoms with Gasteiger partial charge in [0.25, 0.3) is 0 Å². The predicted octanol–water partition coefficient (Wildman–Crippen LogP) is 4.35. The minimum Gasteiger partial charge on any atom is -0.461 e. The SMILES string of the molecule is CC(C)Cc1ccc(-c2ccc(C(F)(F)F)cc2OON)o1. The average Bonchev–Trinajstić information content (AvgIpc) is 2.85. The second kappa shape index (κ2) is 6.41. The first-order valence-corrected chi connectivity index (χ1v) is 6.65. The zero-order valence-electron chi connectivity index (χ0n) is 12.1. The third-order valence-electron chi connectivity index (χ3n) is 2.98. The highest BCUT2D eigenvalue weighted by molar-refractivity contribution is 5.66. The quantitative estimate of drug-likeness (QED) is 0.658. The fourth-order valence-corrected chi connectivity index (χ4v) is 2.06. The molecule has 1 aromatic carbocycles. The number of hydrogen-bond donors (Lipinski definition) is 1. The van der Waals surface area contributed by atoms with E-state index in [2.05, 4.69) is 9.88 Å². The Hall–Kier alpha value is -1.99. The van der Waals surface area contributed by atoms with Crippen molar-refractivity contribution in [3.05, 3.63) is 41.7 Å². The van der Waals surface area contributed by atoms with Crippen molar-refractivity contribution in [2.24, 2.45) is 11.8 Å². The van der Waals surface area contributed by atoms with E-state index in [1.807, 2.05) is 13.8 Å². The van der Waals surface area contributed by atoms with Gasteiger partial charge in [-0.15, -0.1) is 0 Å². The molecule has 2 N–H and O–H groups in total. The zero-order chi connectivity index (χ0) is 16.3. The third-order valence-corrected chi connectivity index (χ3v) is 2.98. The first-order valence-electron chi connectivity index (χ1n) is 6.65. The number of rotatable bonds is 5. The molecule has 0 aliphatic carbocycles. The summed E-state index contributed by atoms with van der Waals surface area (Å²) in [6.45, 7) is 4.08. The molecule has 0 bridgehead atoms. The Morgan fingerprint density at radius 2 is 1.91 bits per heavy atom. The molecule has 7 heteroatoms. The Morgan fingerprint density at radius 1 is 1.18 bits per heavy atom. The van der Waals surface area contributed by atoms with Gasteiger partial charge in [-0.25, -0.2) is 0 Å². The summed E-state index contributed by atoms with van der Waals surface area (Å²) in [4.78, 5) is 8.66. The Labute approximate surface area is 125 Å². The predicted molar refractivity (Wildman–Crippen MR) is 73.6 cm³/mol. The number of furan rings is 1. The van der Waals surface area contributed by atoms with Crippen LogP contribution in [0.2, 0.25) is 0 Å². The van der Waals surface area contributed by atoms with Gasteiger partial charge in [0.2, 0.25) is 0 Å². The van der Waals surface area contributed by atoms with E-state index in [1.54, 1.807) is 12.1 Å².